The standard InChI is InChI=1S/C19H18Cl2N4/c20-15-8-5-9-17(18(15)21)25-19-14(7-2-4-11-23-19)16(24-25)12-13-6-1-3-10-22-13/h1,3,5-6,8-10,23H,2,4,7,11-12H2. The normalized spacial score (nSPS) is 13.8. The number of aromatic nitrogens is 3. The zero-order valence-corrected chi connectivity index (χ0v) is 15.2. The molecule has 0 atom stereocenters. The zero-order chi connectivity index (χ0) is 17.2. The van der Waals surface area contributed by atoms with E-state index < -0.39 is 0 Å². The lowest BCUT2D eigenvalue weighted by Crippen LogP contribution is -2.07. The molecule has 1 aliphatic heterocycles. The molecule has 3 aromatic rings. The van der Waals surface area contributed by atoms with Gasteiger partial charge < -0.3 is 5.32 Å². The number of fused-ring (bicyclic) bond motifs is 1. The minimum Gasteiger partial charge on any atom is -0.370 e. The van der Waals surface area contributed by atoms with Crippen molar-refractivity contribution in [2.75, 3.05) is 11.9 Å². The van der Waals surface area contributed by atoms with E-state index in [4.69, 9.17) is 28.3 Å². The maximum atomic E-state index is 6.45. The average Bonchev–Trinajstić information content (AvgIpc) is 2.81. The minimum absolute atomic E-state index is 0.518. The highest BCUT2D eigenvalue weighted by molar-refractivity contribution is 6.43. The third-order valence-electron chi connectivity index (χ3n) is 4.45. The summed E-state index contributed by atoms with van der Waals surface area (Å²) in [5.74, 6) is 1.02. The van der Waals surface area contributed by atoms with Crippen LogP contribution in [-0.4, -0.2) is 21.3 Å². The van der Waals surface area contributed by atoms with Gasteiger partial charge in [0.15, 0.2) is 0 Å². The summed E-state index contributed by atoms with van der Waals surface area (Å²) >= 11 is 12.7. The van der Waals surface area contributed by atoms with Gasteiger partial charge in [-0.05, 0) is 43.5 Å². The molecule has 0 aliphatic carbocycles. The lowest BCUT2D eigenvalue weighted by molar-refractivity contribution is 0.766. The summed E-state index contributed by atoms with van der Waals surface area (Å²) in [6.07, 6.45) is 5.81. The van der Waals surface area contributed by atoms with E-state index in [2.05, 4.69) is 10.3 Å². The molecule has 1 aromatic carbocycles. The molecule has 128 valence electrons. The van der Waals surface area contributed by atoms with Gasteiger partial charge in [-0.3, -0.25) is 4.98 Å². The van der Waals surface area contributed by atoms with Gasteiger partial charge in [0.25, 0.3) is 0 Å². The third-order valence-corrected chi connectivity index (χ3v) is 5.26. The van der Waals surface area contributed by atoms with Crippen molar-refractivity contribution in [3.05, 3.63) is 69.6 Å². The molecule has 0 radical (unpaired) electrons. The van der Waals surface area contributed by atoms with Crippen LogP contribution < -0.4 is 5.32 Å². The van der Waals surface area contributed by atoms with E-state index in [0.29, 0.717) is 16.5 Å². The Morgan fingerprint density at radius 3 is 2.84 bits per heavy atom. The van der Waals surface area contributed by atoms with Crippen LogP contribution in [0, 0.1) is 0 Å². The van der Waals surface area contributed by atoms with Gasteiger partial charge in [0.1, 0.15) is 5.82 Å². The summed E-state index contributed by atoms with van der Waals surface area (Å²) in [5.41, 5.74) is 4.10. The van der Waals surface area contributed by atoms with Crippen molar-refractivity contribution in [2.45, 2.75) is 25.7 Å². The Morgan fingerprint density at radius 1 is 1.08 bits per heavy atom. The molecule has 0 unspecified atom stereocenters. The van der Waals surface area contributed by atoms with E-state index in [1.807, 2.05) is 41.2 Å². The Bertz CT molecular complexity index is 890. The van der Waals surface area contributed by atoms with E-state index in [9.17, 15) is 0 Å². The van der Waals surface area contributed by atoms with Crippen molar-refractivity contribution in [2.24, 2.45) is 0 Å². The number of nitrogens with one attached hydrogen (secondary N) is 1. The molecule has 2 aromatic heterocycles. The topological polar surface area (TPSA) is 42.7 Å². The van der Waals surface area contributed by atoms with E-state index >= 15 is 0 Å². The van der Waals surface area contributed by atoms with Crippen LogP contribution in [0.5, 0.6) is 0 Å². The van der Waals surface area contributed by atoms with Crippen molar-refractivity contribution < 1.29 is 0 Å². The fraction of sp³-hybridized carbons (Fsp3) is 0.263. The smallest absolute Gasteiger partial charge is 0.133 e. The second-order valence-corrected chi connectivity index (χ2v) is 6.93. The third kappa shape index (κ3) is 3.24. The van der Waals surface area contributed by atoms with Crippen LogP contribution in [0.2, 0.25) is 10.0 Å². The first-order valence-corrected chi connectivity index (χ1v) is 9.18. The Labute approximate surface area is 156 Å². The summed E-state index contributed by atoms with van der Waals surface area (Å²) in [5, 5.41) is 9.44. The van der Waals surface area contributed by atoms with Gasteiger partial charge in [0.05, 0.1) is 21.4 Å². The highest BCUT2D eigenvalue weighted by atomic mass is 35.5. The van der Waals surface area contributed by atoms with Crippen molar-refractivity contribution in [1.29, 1.82) is 0 Å². The summed E-state index contributed by atoms with van der Waals surface area (Å²) in [7, 11) is 0. The average molecular weight is 373 g/mol. The number of halogens is 2. The summed E-state index contributed by atoms with van der Waals surface area (Å²) in [6.45, 7) is 0.930. The highest BCUT2D eigenvalue weighted by Gasteiger charge is 2.22. The number of rotatable bonds is 3. The van der Waals surface area contributed by atoms with E-state index in [0.717, 1.165) is 48.7 Å². The van der Waals surface area contributed by atoms with Crippen LogP contribution in [0.4, 0.5) is 5.82 Å². The molecular formula is C19H18Cl2N4. The molecule has 1 N–H and O–H groups in total. The van der Waals surface area contributed by atoms with Gasteiger partial charge in [-0.2, -0.15) is 5.10 Å². The lowest BCUT2D eigenvalue weighted by Gasteiger charge is -2.11. The van der Waals surface area contributed by atoms with Crippen molar-refractivity contribution in [3.63, 3.8) is 0 Å². The summed E-state index contributed by atoms with van der Waals surface area (Å²) in [4.78, 5) is 4.44. The molecule has 25 heavy (non-hydrogen) atoms. The first kappa shape index (κ1) is 16.4. The molecule has 0 saturated carbocycles. The first-order valence-electron chi connectivity index (χ1n) is 8.43. The Morgan fingerprint density at radius 2 is 2.00 bits per heavy atom. The summed E-state index contributed by atoms with van der Waals surface area (Å²) < 4.78 is 1.90. The molecular weight excluding hydrogens is 355 g/mol. The Hall–Kier alpha value is -2.04. The molecule has 0 amide bonds. The molecule has 0 bridgehead atoms. The van der Waals surface area contributed by atoms with Gasteiger partial charge in [0, 0.05) is 30.4 Å². The Balaban J connectivity index is 1.83. The van der Waals surface area contributed by atoms with Gasteiger partial charge in [-0.1, -0.05) is 35.3 Å². The van der Waals surface area contributed by atoms with E-state index in [1.165, 1.54) is 5.56 Å². The van der Waals surface area contributed by atoms with Crippen LogP contribution in [-0.2, 0) is 12.8 Å². The fourth-order valence-electron chi connectivity index (χ4n) is 3.22. The zero-order valence-electron chi connectivity index (χ0n) is 13.7. The molecule has 0 saturated heterocycles. The second-order valence-electron chi connectivity index (χ2n) is 6.14. The highest BCUT2D eigenvalue weighted by Crippen LogP contribution is 2.34. The van der Waals surface area contributed by atoms with Gasteiger partial charge in [-0.15, -0.1) is 0 Å². The van der Waals surface area contributed by atoms with Crippen LogP contribution in [0.3, 0.4) is 0 Å². The van der Waals surface area contributed by atoms with Crippen LogP contribution in [0.25, 0.3) is 5.69 Å². The predicted octanol–water partition coefficient (Wildman–Crippen LogP) is 4.91. The maximum Gasteiger partial charge on any atom is 0.133 e. The Kier molecular flexibility index (Phi) is 4.64. The van der Waals surface area contributed by atoms with Crippen LogP contribution >= 0.6 is 23.2 Å². The number of hydrogen-bond donors (Lipinski definition) is 1. The van der Waals surface area contributed by atoms with Crippen LogP contribution in [0.15, 0.2) is 42.6 Å². The number of pyridine rings is 1. The van der Waals surface area contributed by atoms with Gasteiger partial charge in [0.2, 0.25) is 0 Å². The fourth-order valence-corrected chi connectivity index (χ4v) is 3.60. The van der Waals surface area contributed by atoms with E-state index in [-0.39, 0.29) is 0 Å². The molecule has 6 heteroatoms. The molecule has 1 aliphatic rings. The van der Waals surface area contributed by atoms with Crippen molar-refractivity contribution in [3.8, 4) is 5.69 Å². The maximum absolute atomic E-state index is 6.45. The SMILES string of the molecule is Clc1cccc(-n2nc(Cc3ccccn3)c3c2NCCCC3)c1Cl. The molecule has 4 nitrogen and oxygen atoms in total. The molecule has 0 fully saturated rings. The largest absolute Gasteiger partial charge is 0.370 e. The predicted molar refractivity (Wildman–Crippen MR) is 102 cm³/mol. The molecule has 4 rings (SSSR count). The molecule has 3 heterocycles. The summed E-state index contributed by atoms with van der Waals surface area (Å²) in [6, 6.07) is 11.6. The monoisotopic (exact) mass is 372 g/mol. The first-order chi connectivity index (χ1) is 12.2. The second kappa shape index (κ2) is 7.06. The van der Waals surface area contributed by atoms with Crippen molar-refractivity contribution in [1.82, 2.24) is 14.8 Å². The van der Waals surface area contributed by atoms with Crippen molar-refractivity contribution >= 4 is 29.0 Å². The molecule has 0 spiro atoms. The van der Waals surface area contributed by atoms with Gasteiger partial charge in [-0.25, -0.2) is 4.68 Å². The van der Waals surface area contributed by atoms with Crippen LogP contribution in [0.1, 0.15) is 29.8 Å². The number of anilines is 1. The van der Waals surface area contributed by atoms with E-state index in [1.54, 1.807) is 6.07 Å². The number of hydrogen-bond acceptors (Lipinski definition) is 3. The number of benzene rings is 1. The van der Waals surface area contributed by atoms with Gasteiger partial charge >= 0.3 is 0 Å². The minimum atomic E-state index is 0.518. The quantitative estimate of drug-likeness (QED) is 0.709. The number of nitrogens with zero attached hydrogens (tertiary/aromatic N) is 3. The lowest BCUT2D eigenvalue weighted by atomic mass is 10.1.